The lowest BCUT2D eigenvalue weighted by Gasteiger charge is -2.19. The molecule has 0 saturated carbocycles. The highest BCUT2D eigenvalue weighted by atomic mass is 16.4. The van der Waals surface area contributed by atoms with Gasteiger partial charge in [-0.3, -0.25) is 0 Å². The number of nitrogens with zero attached hydrogens (tertiary/aromatic N) is 1. The first-order valence-electron chi connectivity index (χ1n) is 5.82. The van der Waals surface area contributed by atoms with Gasteiger partial charge in [-0.1, -0.05) is 26.8 Å². The topological polar surface area (TPSA) is 54.0 Å². The molecule has 0 saturated heterocycles. The Balaban J connectivity index is 2.86. The molecule has 92 valence electrons. The van der Waals surface area contributed by atoms with Gasteiger partial charge in [0.1, 0.15) is 17.2 Å². The second kappa shape index (κ2) is 3.99. The highest BCUT2D eigenvalue weighted by molar-refractivity contribution is 5.82. The molecule has 0 fully saturated rings. The molecule has 0 radical (unpaired) electrons. The first-order chi connectivity index (χ1) is 8.34. The summed E-state index contributed by atoms with van der Waals surface area (Å²) < 4.78 is 5.15. The maximum absolute atomic E-state index is 11.6. The maximum Gasteiger partial charge on any atom is 0.354 e. The minimum atomic E-state index is -0.564. The van der Waals surface area contributed by atoms with Gasteiger partial charge >= 0.3 is 5.63 Å². The lowest BCUT2D eigenvalue weighted by atomic mass is 9.86. The Morgan fingerprint density at radius 3 is 2.50 bits per heavy atom. The summed E-state index contributed by atoms with van der Waals surface area (Å²) in [6.07, 6.45) is 0. The summed E-state index contributed by atoms with van der Waals surface area (Å²) in [5.74, 6) is 0. The molecule has 1 heterocycles. The summed E-state index contributed by atoms with van der Waals surface area (Å²) >= 11 is 0. The van der Waals surface area contributed by atoms with E-state index in [1.165, 1.54) is 0 Å². The van der Waals surface area contributed by atoms with Crippen molar-refractivity contribution >= 4 is 11.0 Å². The van der Waals surface area contributed by atoms with Gasteiger partial charge in [-0.25, -0.2) is 4.79 Å². The molecular weight excluding hydrogens is 226 g/mol. The number of aryl methyl sites for hydroxylation is 1. The maximum atomic E-state index is 11.6. The van der Waals surface area contributed by atoms with Gasteiger partial charge in [-0.15, -0.1) is 0 Å². The fourth-order valence-corrected chi connectivity index (χ4v) is 1.95. The Kier molecular flexibility index (Phi) is 2.74. The summed E-state index contributed by atoms with van der Waals surface area (Å²) in [4.78, 5) is 11.6. The summed E-state index contributed by atoms with van der Waals surface area (Å²) in [6.45, 7) is 8.14. The van der Waals surface area contributed by atoms with E-state index in [4.69, 9.17) is 9.68 Å². The summed E-state index contributed by atoms with van der Waals surface area (Å²) in [7, 11) is 0. The second-order valence-electron chi connectivity index (χ2n) is 5.46. The third-order valence-corrected chi connectivity index (χ3v) is 3.14. The minimum absolute atomic E-state index is 0.0174. The molecule has 1 aromatic carbocycles. The lowest BCUT2D eigenvalue weighted by Crippen LogP contribution is -2.12. The number of hydrogen-bond donors (Lipinski definition) is 0. The average Bonchev–Trinajstić information content (AvgIpc) is 2.27. The standard InChI is InChI=1S/C15H15NO2/c1-9-11-7-10(15(2,3)4)5-6-13(11)18-14(17)12(9)8-16/h5-7H,1-4H3. The van der Waals surface area contributed by atoms with Crippen molar-refractivity contribution in [2.45, 2.75) is 33.1 Å². The highest BCUT2D eigenvalue weighted by Crippen LogP contribution is 2.27. The number of rotatable bonds is 0. The second-order valence-corrected chi connectivity index (χ2v) is 5.46. The van der Waals surface area contributed by atoms with Crippen molar-refractivity contribution in [1.29, 1.82) is 5.26 Å². The quantitative estimate of drug-likeness (QED) is 0.665. The van der Waals surface area contributed by atoms with E-state index in [-0.39, 0.29) is 11.0 Å². The van der Waals surface area contributed by atoms with Crippen LogP contribution in [0.3, 0.4) is 0 Å². The SMILES string of the molecule is Cc1c(C#N)c(=O)oc2ccc(C(C)(C)C)cc12. The van der Waals surface area contributed by atoms with Crippen LogP contribution in [0.15, 0.2) is 27.4 Å². The summed E-state index contributed by atoms with van der Waals surface area (Å²) in [5.41, 5.74) is 1.92. The highest BCUT2D eigenvalue weighted by Gasteiger charge is 2.16. The first-order valence-corrected chi connectivity index (χ1v) is 5.82. The normalized spacial score (nSPS) is 11.5. The van der Waals surface area contributed by atoms with Crippen LogP contribution in [0.4, 0.5) is 0 Å². The van der Waals surface area contributed by atoms with E-state index in [2.05, 4.69) is 20.8 Å². The predicted molar refractivity (Wildman–Crippen MR) is 70.6 cm³/mol. The van der Waals surface area contributed by atoms with Gasteiger partial charge in [-0.05, 0) is 35.6 Å². The molecule has 3 heteroatoms. The lowest BCUT2D eigenvalue weighted by molar-refractivity contribution is 0.555. The van der Waals surface area contributed by atoms with E-state index in [0.717, 1.165) is 10.9 Å². The molecule has 2 aromatic rings. The van der Waals surface area contributed by atoms with Crippen LogP contribution in [0.1, 0.15) is 37.5 Å². The van der Waals surface area contributed by atoms with Crippen LogP contribution in [-0.2, 0) is 5.41 Å². The largest absolute Gasteiger partial charge is 0.422 e. The van der Waals surface area contributed by atoms with Gasteiger partial charge in [0.15, 0.2) is 0 Å². The van der Waals surface area contributed by atoms with Crippen molar-refractivity contribution < 1.29 is 4.42 Å². The van der Waals surface area contributed by atoms with E-state index in [1.54, 1.807) is 13.0 Å². The molecule has 0 bridgehead atoms. The third kappa shape index (κ3) is 1.91. The Hall–Kier alpha value is -2.08. The van der Waals surface area contributed by atoms with Crippen LogP contribution in [0.5, 0.6) is 0 Å². The first kappa shape index (κ1) is 12.4. The van der Waals surface area contributed by atoms with Crippen LogP contribution >= 0.6 is 0 Å². The predicted octanol–water partition coefficient (Wildman–Crippen LogP) is 3.27. The van der Waals surface area contributed by atoms with Crippen molar-refractivity contribution in [2.75, 3.05) is 0 Å². The summed E-state index contributed by atoms with van der Waals surface area (Å²) in [5, 5.41) is 9.81. The molecule has 0 aliphatic heterocycles. The summed E-state index contributed by atoms with van der Waals surface area (Å²) in [6, 6.07) is 7.65. The van der Waals surface area contributed by atoms with E-state index in [9.17, 15) is 4.79 Å². The molecule has 2 rings (SSSR count). The van der Waals surface area contributed by atoms with Gasteiger partial charge in [-0.2, -0.15) is 5.26 Å². The Morgan fingerprint density at radius 1 is 1.28 bits per heavy atom. The number of hydrogen-bond acceptors (Lipinski definition) is 3. The Bertz CT molecular complexity index is 712. The van der Waals surface area contributed by atoms with Crippen molar-refractivity contribution in [3.63, 3.8) is 0 Å². The van der Waals surface area contributed by atoms with Crippen LogP contribution in [0.2, 0.25) is 0 Å². The third-order valence-electron chi connectivity index (χ3n) is 3.14. The Morgan fingerprint density at radius 2 is 1.94 bits per heavy atom. The zero-order valence-corrected chi connectivity index (χ0v) is 11.0. The fourth-order valence-electron chi connectivity index (χ4n) is 1.95. The van der Waals surface area contributed by atoms with Crippen LogP contribution in [0.25, 0.3) is 11.0 Å². The van der Waals surface area contributed by atoms with Crippen molar-refractivity contribution in [3.8, 4) is 6.07 Å². The van der Waals surface area contributed by atoms with Crippen LogP contribution in [-0.4, -0.2) is 0 Å². The smallest absolute Gasteiger partial charge is 0.354 e. The minimum Gasteiger partial charge on any atom is -0.422 e. The molecule has 0 aliphatic rings. The van der Waals surface area contributed by atoms with Gasteiger partial charge in [0.05, 0.1) is 0 Å². The fraction of sp³-hybridized carbons (Fsp3) is 0.333. The molecule has 0 amide bonds. The number of nitriles is 1. The molecule has 1 aromatic heterocycles. The van der Waals surface area contributed by atoms with Gasteiger partial charge < -0.3 is 4.42 Å². The molecule has 0 unspecified atom stereocenters. The molecule has 0 spiro atoms. The van der Waals surface area contributed by atoms with E-state index >= 15 is 0 Å². The molecule has 0 aliphatic carbocycles. The number of benzene rings is 1. The van der Waals surface area contributed by atoms with E-state index < -0.39 is 5.63 Å². The molecule has 0 atom stereocenters. The van der Waals surface area contributed by atoms with Crippen molar-refractivity contribution in [3.05, 3.63) is 45.3 Å². The van der Waals surface area contributed by atoms with E-state index in [1.807, 2.05) is 18.2 Å². The number of fused-ring (bicyclic) bond motifs is 1. The molecular formula is C15H15NO2. The van der Waals surface area contributed by atoms with Crippen LogP contribution < -0.4 is 5.63 Å². The van der Waals surface area contributed by atoms with E-state index in [0.29, 0.717) is 11.1 Å². The van der Waals surface area contributed by atoms with Crippen molar-refractivity contribution in [1.82, 2.24) is 0 Å². The Labute approximate surface area is 106 Å². The van der Waals surface area contributed by atoms with Crippen molar-refractivity contribution in [2.24, 2.45) is 0 Å². The van der Waals surface area contributed by atoms with Gasteiger partial charge in [0.25, 0.3) is 0 Å². The monoisotopic (exact) mass is 241 g/mol. The molecule has 3 nitrogen and oxygen atoms in total. The molecule has 0 N–H and O–H groups in total. The zero-order valence-electron chi connectivity index (χ0n) is 11.0. The van der Waals surface area contributed by atoms with Gasteiger partial charge in [0, 0.05) is 5.39 Å². The van der Waals surface area contributed by atoms with Crippen LogP contribution in [0, 0.1) is 18.3 Å². The zero-order chi connectivity index (χ0) is 13.5. The van der Waals surface area contributed by atoms with Gasteiger partial charge in [0.2, 0.25) is 0 Å². The molecule has 18 heavy (non-hydrogen) atoms. The average molecular weight is 241 g/mol.